The molecular formula is C15H16N2O4. The van der Waals surface area contributed by atoms with Crippen molar-refractivity contribution in [2.45, 2.75) is 6.92 Å². The van der Waals surface area contributed by atoms with Gasteiger partial charge in [0.25, 0.3) is 5.69 Å². The van der Waals surface area contributed by atoms with E-state index in [1.807, 2.05) is 26.1 Å². The molecule has 0 saturated heterocycles. The number of hydrogen-bond acceptors (Lipinski definition) is 5. The second-order valence-electron chi connectivity index (χ2n) is 4.23. The zero-order valence-corrected chi connectivity index (χ0v) is 11.8. The summed E-state index contributed by atoms with van der Waals surface area (Å²) in [6, 6.07) is 11.7. The van der Waals surface area contributed by atoms with E-state index in [1.54, 1.807) is 18.2 Å². The lowest BCUT2D eigenvalue weighted by atomic mass is 10.2. The van der Waals surface area contributed by atoms with Crippen molar-refractivity contribution in [3.8, 4) is 17.2 Å². The standard InChI is InChI=1S/C15H16N2O4/c1-3-20-14-8-12(17(18)19)9-15(10-14)21-13-6-4-11(16-2)5-7-13/h4-10,16H,3H2,1-2H3. The molecule has 0 unspecified atom stereocenters. The lowest BCUT2D eigenvalue weighted by molar-refractivity contribution is -0.385. The molecule has 0 aliphatic rings. The van der Waals surface area contributed by atoms with E-state index in [2.05, 4.69) is 5.32 Å². The van der Waals surface area contributed by atoms with Crippen LogP contribution in [0, 0.1) is 10.1 Å². The van der Waals surface area contributed by atoms with Gasteiger partial charge in [-0.2, -0.15) is 0 Å². The third-order valence-electron chi connectivity index (χ3n) is 2.77. The Bertz CT molecular complexity index is 626. The van der Waals surface area contributed by atoms with E-state index < -0.39 is 4.92 Å². The molecule has 6 heteroatoms. The van der Waals surface area contributed by atoms with Crippen LogP contribution in [0.25, 0.3) is 0 Å². The second kappa shape index (κ2) is 6.60. The molecule has 0 fully saturated rings. The Labute approximate surface area is 122 Å². The lowest BCUT2D eigenvalue weighted by Crippen LogP contribution is -1.95. The van der Waals surface area contributed by atoms with Gasteiger partial charge in [0, 0.05) is 18.8 Å². The molecule has 0 aliphatic carbocycles. The molecule has 0 saturated carbocycles. The number of rotatable bonds is 6. The van der Waals surface area contributed by atoms with Gasteiger partial charge in [-0.1, -0.05) is 0 Å². The molecule has 0 bridgehead atoms. The van der Waals surface area contributed by atoms with Crippen LogP contribution in [-0.2, 0) is 0 Å². The maximum Gasteiger partial charge on any atom is 0.276 e. The molecule has 0 aliphatic heterocycles. The first kappa shape index (κ1) is 14.6. The van der Waals surface area contributed by atoms with E-state index in [0.717, 1.165) is 5.69 Å². The summed E-state index contributed by atoms with van der Waals surface area (Å²) in [4.78, 5) is 10.5. The van der Waals surface area contributed by atoms with Gasteiger partial charge in [-0.15, -0.1) is 0 Å². The Morgan fingerprint density at radius 2 is 1.76 bits per heavy atom. The number of nitro groups is 1. The highest BCUT2D eigenvalue weighted by atomic mass is 16.6. The quantitative estimate of drug-likeness (QED) is 0.646. The third kappa shape index (κ3) is 3.85. The molecule has 21 heavy (non-hydrogen) atoms. The summed E-state index contributed by atoms with van der Waals surface area (Å²) in [7, 11) is 1.82. The molecule has 2 rings (SSSR count). The van der Waals surface area contributed by atoms with Crippen LogP contribution in [0.5, 0.6) is 17.2 Å². The first-order chi connectivity index (χ1) is 10.1. The van der Waals surface area contributed by atoms with Gasteiger partial charge in [-0.25, -0.2) is 0 Å². The number of nitrogens with one attached hydrogen (secondary N) is 1. The number of benzene rings is 2. The molecule has 6 nitrogen and oxygen atoms in total. The normalized spacial score (nSPS) is 10.0. The van der Waals surface area contributed by atoms with Gasteiger partial charge >= 0.3 is 0 Å². The number of nitro benzene ring substituents is 1. The highest BCUT2D eigenvalue weighted by Gasteiger charge is 2.12. The first-order valence-corrected chi connectivity index (χ1v) is 6.50. The maximum atomic E-state index is 10.9. The van der Waals surface area contributed by atoms with Crippen LogP contribution < -0.4 is 14.8 Å². The van der Waals surface area contributed by atoms with Crippen molar-refractivity contribution in [3.05, 3.63) is 52.6 Å². The minimum atomic E-state index is -0.473. The van der Waals surface area contributed by atoms with Crippen molar-refractivity contribution in [2.24, 2.45) is 0 Å². The van der Waals surface area contributed by atoms with Crippen molar-refractivity contribution in [2.75, 3.05) is 19.0 Å². The van der Waals surface area contributed by atoms with Crippen molar-refractivity contribution in [1.29, 1.82) is 0 Å². The van der Waals surface area contributed by atoms with E-state index in [4.69, 9.17) is 9.47 Å². The molecule has 110 valence electrons. The van der Waals surface area contributed by atoms with Crippen molar-refractivity contribution in [3.63, 3.8) is 0 Å². The van der Waals surface area contributed by atoms with Crippen LogP contribution in [-0.4, -0.2) is 18.6 Å². The van der Waals surface area contributed by atoms with Crippen LogP contribution in [0.3, 0.4) is 0 Å². The van der Waals surface area contributed by atoms with Crippen molar-refractivity contribution < 1.29 is 14.4 Å². The maximum absolute atomic E-state index is 10.9. The fourth-order valence-electron chi connectivity index (χ4n) is 1.80. The minimum absolute atomic E-state index is 0.0669. The topological polar surface area (TPSA) is 73.6 Å². The van der Waals surface area contributed by atoms with E-state index in [0.29, 0.717) is 23.9 Å². The Balaban J connectivity index is 2.26. The van der Waals surface area contributed by atoms with Gasteiger partial charge in [-0.3, -0.25) is 10.1 Å². The third-order valence-corrected chi connectivity index (χ3v) is 2.77. The van der Waals surface area contributed by atoms with Crippen molar-refractivity contribution in [1.82, 2.24) is 0 Å². The Kier molecular flexibility index (Phi) is 4.61. The summed E-state index contributed by atoms with van der Waals surface area (Å²) in [6.07, 6.45) is 0. The number of nitrogens with zero attached hydrogens (tertiary/aromatic N) is 1. The molecule has 0 radical (unpaired) electrons. The molecule has 2 aromatic rings. The fourth-order valence-corrected chi connectivity index (χ4v) is 1.80. The van der Waals surface area contributed by atoms with Gasteiger partial charge in [0.2, 0.25) is 0 Å². The van der Waals surface area contributed by atoms with Crippen LogP contribution in [0.1, 0.15) is 6.92 Å². The lowest BCUT2D eigenvalue weighted by Gasteiger charge is -2.09. The minimum Gasteiger partial charge on any atom is -0.493 e. The summed E-state index contributed by atoms with van der Waals surface area (Å²) < 4.78 is 11.0. The molecule has 0 heterocycles. The number of anilines is 1. The van der Waals surface area contributed by atoms with E-state index in [1.165, 1.54) is 12.1 Å². The smallest absolute Gasteiger partial charge is 0.276 e. The second-order valence-corrected chi connectivity index (χ2v) is 4.23. The molecule has 0 spiro atoms. The number of non-ortho nitro benzene ring substituents is 1. The predicted molar refractivity (Wildman–Crippen MR) is 80.3 cm³/mol. The Hall–Kier alpha value is -2.76. The van der Waals surface area contributed by atoms with E-state index in [-0.39, 0.29) is 5.69 Å². The van der Waals surface area contributed by atoms with Crippen molar-refractivity contribution >= 4 is 11.4 Å². The highest BCUT2D eigenvalue weighted by Crippen LogP contribution is 2.31. The summed E-state index contributed by atoms with van der Waals surface area (Å²) in [5.74, 6) is 1.37. The number of ether oxygens (including phenoxy) is 2. The Morgan fingerprint density at radius 1 is 1.10 bits per heavy atom. The van der Waals surface area contributed by atoms with E-state index >= 15 is 0 Å². The SMILES string of the molecule is CCOc1cc(Oc2ccc(NC)cc2)cc([N+](=O)[O-])c1. The number of hydrogen-bond donors (Lipinski definition) is 1. The van der Waals surface area contributed by atoms with Gasteiger partial charge in [-0.05, 0) is 31.2 Å². The van der Waals surface area contributed by atoms with Crippen LogP contribution in [0.15, 0.2) is 42.5 Å². The van der Waals surface area contributed by atoms with Gasteiger partial charge in [0.05, 0.1) is 23.7 Å². The molecule has 0 aromatic heterocycles. The largest absolute Gasteiger partial charge is 0.493 e. The average molecular weight is 288 g/mol. The monoisotopic (exact) mass is 288 g/mol. The highest BCUT2D eigenvalue weighted by molar-refractivity contribution is 5.49. The average Bonchev–Trinajstić information content (AvgIpc) is 2.48. The van der Waals surface area contributed by atoms with Gasteiger partial charge < -0.3 is 14.8 Å². The van der Waals surface area contributed by atoms with Crippen LogP contribution >= 0.6 is 0 Å². The first-order valence-electron chi connectivity index (χ1n) is 6.50. The van der Waals surface area contributed by atoms with Crippen LogP contribution in [0.2, 0.25) is 0 Å². The summed E-state index contributed by atoms with van der Waals surface area (Å²) >= 11 is 0. The van der Waals surface area contributed by atoms with Gasteiger partial charge in [0.1, 0.15) is 17.2 Å². The van der Waals surface area contributed by atoms with Gasteiger partial charge in [0.15, 0.2) is 0 Å². The Morgan fingerprint density at radius 3 is 2.33 bits per heavy atom. The molecular weight excluding hydrogens is 272 g/mol. The van der Waals surface area contributed by atoms with E-state index in [9.17, 15) is 10.1 Å². The zero-order chi connectivity index (χ0) is 15.2. The summed E-state index contributed by atoms with van der Waals surface area (Å²) in [5, 5.41) is 13.9. The summed E-state index contributed by atoms with van der Waals surface area (Å²) in [5.41, 5.74) is 0.888. The fraction of sp³-hybridized carbons (Fsp3) is 0.200. The predicted octanol–water partition coefficient (Wildman–Crippen LogP) is 3.83. The molecule has 0 amide bonds. The molecule has 1 N–H and O–H groups in total. The van der Waals surface area contributed by atoms with Crippen LogP contribution in [0.4, 0.5) is 11.4 Å². The molecule has 2 aromatic carbocycles. The zero-order valence-electron chi connectivity index (χ0n) is 11.8. The summed E-state index contributed by atoms with van der Waals surface area (Å²) in [6.45, 7) is 2.24. The molecule has 0 atom stereocenters.